The highest BCUT2D eigenvalue weighted by Gasteiger charge is 2.14. The molecule has 0 bridgehead atoms. The third kappa shape index (κ3) is 3.75. The van der Waals surface area contributed by atoms with Crippen molar-refractivity contribution in [3.63, 3.8) is 0 Å². The molecule has 6 heteroatoms. The Hall–Kier alpha value is -2.67. The predicted octanol–water partition coefficient (Wildman–Crippen LogP) is 3.93. The highest BCUT2D eigenvalue weighted by molar-refractivity contribution is 7.79. The van der Waals surface area contributed by atoms with Crippen LogP contribution >= 0.6 is 0 Å². The molecule has 0 spiro atoms. The van der Waals surface area contributed by atoms with Crippen LogP contribution in [0.25, 0.3) is 0 Å². The summed E-state index contributed by atoms with van der Waals surface area (Å²) in [7, 11) is 0. The van der Waals surface area contributed by atoms with Crippen molar-refractivity contribution in [3.05, 3.63) is 53.1 Å². The summed E-state index contributed by atoms with van der Waals surface area (Å²) in [5.41, 5.74) is 1.40. The minimum Gasteiger partial charge on any atom is -0.456 e. The SMILES string of the molecule is CC(C)c1ccc(S(=O)O)c(Oc2ccc(C#N)c(C#N)c2)c1. The first-order valence-electron chi connectivity index (χ1n) is 6.83. The summed E-state index contributed by atoms with van der Waals surface area (Å²) in [6, 6.07) is 13.4. The van der Waals surface area contributed by atoms with Gasteiger partial charge in [0.25, 0.3) is 0 Å². The zero-order valence-corrected chi connectivity index (χ0v) is 13.4. The fourth-order valence-corrected chi connectivity index (χ4v) is 2.47. The molecule has 1 N–H and O–H groups in total. The Morgan fingerprint density at radius 1 is 1.09 bits per heavy atom. The van der Waals surface area contributed by atoms with E-state index in [2.05, 4.69) is 0 Å². The van der Waals surface area contributed by atoms with Gasteiger partial charge in [-0.1, -0.05) is 19.9 Å². The maximum atomic E-state index is 11.5. The fourth-order valence-electron chi connectivity index (χ4n) is 2.01. The number of benzene rings is 2. The summed E-state index contributed by atoms with van der Waals surface area (Å²) in [6.45, 7) is 4.01. The van der Waals surface area contributed by atoms with Gasteiger partial charge in [-0.15, -0.1) is 0 Å². The summed E-state index contributed by atoms with van der Waals surface area (Å²) in [5, 5.41) is 18.0. The van der Waals surface area contributed by atoms with Gasteiger partial charge in [0, 0.05) is 0 Å². The van der Waals surface area contributed by atoms with Crippen LogP contribution in [-0.4, -0.2) is 8.76 Å². The van der Waals surface area contributed by atoms with E-state index in [0.29, 0.717) is 5.75 Å². The minimum atomic E-state index is -2.19. The Morgan fingerprint density at radius 3 is 2.35 bits per heavy atom. The van der Waals surface area contributed by atoms with E-state index in [1.807, 2.05) is 26.0 Å². The Labute approximate surface area is 137 Å². The van der Waals surface area contributed by atoms with Crippen molar-refractivity contribution in [2.75, 3.05) is 0 Å². The lowest BCUT2D eigenvalue weighted by molar-refractivity contribution is 0.464. The molecule has 0 aliphatic heterocycles. The minimum absolute atomic E-state index is 0.150. The summed E-state index contributed by atoms with van der Waals surface area (Å²) >= 11 is -2.19. The standard InChI is InChI=1S/C17H14N2O3S/c1-11(2)12-4-6-17(23(20)21)16(8-12)22-15-5-3-13(9-18)14(7-15)10-19/h3-8,11H,1-2H3,(H,20,21). The van der Waals surface area contributed by atoms with Gasteiger partial charge >= 0.3 is 0 Å². The van der Waals surface area contributed by atoms with Crippen LogP contribution in [0.2, 0.25) is 0 Å². The van der Waals surface area contributed by atoms with E-state index in [4.69, 9.17) is 15.3 Å². The van der Waals surface area contributed by atoms with Crippen LogP contribution < -0.4 is 4.74 Å². The molecular weight excluding hydrogens is 312 g/mol. The molecule has 0 aliphatic carbocycles. The normalized spacial score (nSPS) is 11.6. The van der Waals surface area contributed by atoms with Crippen LogP contribution in [0.15, 0.2) is 41.3 Å². The van der Waals surface area contributed by atoms with Crippen molar-refractivity contribution in [2.24, 2.45) is 0 Å². The maximum absolute atomic E-state index is 11.5. The summed E-state index contributed by atoms with van der Waals surface area (Å²) in [6.07, 6.45) is 0. The number of nitrogens with zero attached hydrogens (tertiary/aromatic N) is 2. The predicted molar refractivity (Wildman–Crippen MR) is 85.5 cm³/mol. The molecule has 0 saturated carbocycles. The lowest BCUT2D eigenvalue weighted by Crippen LogP contribution is -1.97. The molecule has 1 unspecified atom stereocenters. The Balaban J connectivity index is 2.47. The molecule has 5 nitrogen and oxygen atoms in total. The Kier molecular flexibility index (Phi) is 5.13. The van der Waals surface area contributed by atoms with E-state index in [-0.39, 0.29) is 27.7 Å². The monoisotopic (exact) mass is 326 g/mol. The second-order valence-electron chi connectivity index (χ2n) is 5.14. The van der Waals surface area contributed by atoms with Crippen molar-refractivity contribution in [1.29, 1.82) is 10.5 Å². The zero-order chi connectivity index (χ0) is 17.0. The maximum Gasteiger partial charge on any atom is 0.190 e. The zero-order valence-electron chi connectivity index (χ0n) is 12.6. The van der Waals surface area contributed by atoms with Crippen LogP contribution in [0, 0.1) is 22.7 Å². The van der Waals surface area contributed by atoms with Gasteiger partial charge < -0.3 is 9.29 Å². The fraction of sp³-hybridized carbons (Fsp3) is 0.176. The molecule has 1 atom stereocenters. The molecule has 2 aromatic carbocycles. The molecule has 0 heterocycles. The smallest absolute Gasteiger partial charge is 0.190 e. The van der Waals surface area contributed by atoms with E-state index in [0.717, 1.165) is 5.56 Å². The van der Waals surface area contributed by atoms with Crippen LogP contribution in [0.5, 0.6) is 11.5 Å². The van der Waals surface area contributed by atoms with Crippen molar-refractivity contribution >= 4 is 11.1 Å². The van der Waals surface area contributed by atoms with Crippen LogP contribution in [0.3, 0.4) is 0 Å². The van der Waals surface area contributed by atoms with Crippen molar-refractivity contribution in [2.45, 2.75) is 24.7 Å². The van der Waals surface area contributed by atoms with Gasteiger partial charge in [0.2, 0.25) is 0 Å². The molecule has 0 aromatic heterocycles. The van der Waals surface area contributed by atoms with Crippen LogP contribution in [-0.2, 0) is 11.1 Å². The van der Waals surface area contributed by atoms with Gasteiger partial charge in [-0.3, -0.25) is 0 Å². The van der Waals surface area contributed by atoms with Gasteiger partial charge in [-0.05, 0) is 41.8 Å². The molecule has 0 amide bonds. The first-order valence-corrected chi connectivity index (χ1v) is 7.94. The topological polar surface area (TPSA) is 94.1 Å². The Morgan fingerprint density at radius 2 is 1.78 bits per heavy atom. The van der Waals surface area contributed by atoms with E-state index in [1.165, 1.54) is 12.1 Å². The van der Waals surface area contributed by atoms with Gasteiger partial charge in [-0.2, -0.15) is 10.5 Å². The molecule has 116 valence electrons. The largest absolute Gasteiger partial charge is 0.456 e. The highest BCUT2D eigenvalue weighted by Crippen LogP contribution is 2.31. The molecular formula is C17H14N2O3S. The second kappa shape index (κ2) is 7.06. The molecule has 23 heavy (non-hydrogen) atoms. The van der Waals surface area contributed by atoms with E-state index >= 15 is 0 Å². The lowest BCUT2D eigenvalue weighted by Gasteiger charge is -2.13. The van der Waals surface area contributed by atoms with Crippen LogP contribution in [0.1, 0.15) is 36.5 Å². The lowest BCUT2D eigenvalue weighted by atomic mass is 10.0. The average molecular weight is 326 g/mol. The summed E-state index contributed by atoms with van der Waals surface area (Å²) < 4.78 is 26.5. The third-order valence-corrected chi connectivity index (χ3v) is 4.00. The molecule has 0 aliphatic rings. The number of hydrogen-bond donors (Lipinski definition) is 1. The van der Waals surface area contributed by atoms with E-state index in [1.54, 1.807) is 24.3 Å². The average Bonchev–Trinajstić information content (AvgIpc) is 2.54. The van der Waals surface area contributed by atoms with Gasteiger partial charge in [-0.25, -0.2) is 4.21 Å². The van der Waals surface area contributed by atoms with Crippen LogP contribution in [0.4, 0.5) is 0 Å². The molecule has 0 fully saturated rings. The Bertz CT molecular complexity index is 848. The molecule has 0 radical (unpaired) electrons. The second-order valence-corrected chi connectivity index (χ2v) is 6.08. The first kappa shape index (κ1) is 16.7. The van der Waals surface area contributed by atoms with Gasteiger partial charge in [0.15, 0.2) is 11.1 Å². The van der Waals surface area contributed by atoms with E-state index < -0.39 is 11.1 Å². The van der Waals surface area contributed by atoms with Crippen molar-refractivity contribution in [1.82, 2.24) is 0 Å². The number of ether oxygens (including phenoxy) is 1. The molecule has 2 rings (SSSR count). The number of nitriles is 2. The number of hydrogen-bond acceptors (Lipinski definition) is 4. The molecule has 2 aromatic rings. The van der Waals surface area contributed by atoms with Crippen molar-refractivity contribution in [3.8, 4) is 23.6 Å². The first-order chi connectivity index (χ1) is 11.0. The van der Waals surface area contributed by atoms with Gasteiger partial charge in [0.05, 0.1) is 11.1 Å². The third-order valence-electron chi connectivity index (χ3n) is 3.28. The summed E-state index contributed by atoms with van der Waals surface area (Å²) in [5.74, 6) is 0.813. The van der Waals surface area contributed by atoms with Crippen molar-refractivity contribution < 1.29 is 13.5 Å². The summed E-state index contributed by atoms with van der Waals surface area (Å²) in [4.78, 5) is 0.150. The molecule has 0 saturated heterocycles. The quantitative estimate of drug-likeness (QED) is 0.859. The highest BCUT2D eigenvalue weighted by atomic mass is 32.2. The van der Waals surface area contributed by atoms with E-state index in [9.17, 15) is 8.76 Å². The van der Waals surface area contributed by atoms with Gasteiger partial charge in [0.1, 0.15) is 28.5 Å². The number of rotatable bonds is 4.